The minimum Gasteiger partial charge on any atom is -0.550 e. The molecule has 0 spiro atoms. The summed E-state index contributed by atoms with van der Waals surface area (Å²) in [5.74, 6) is -3.60. The molecule has 98 heavy (non-hydrogen) atoms. The van der Waals surface area contributed by atoms with Crippen LogP contribution in [-0.2, 0) is 36.2 Å². The van der Waals surface area contributed by atoms with Crippen molar-refractivity contribution in [3.63, 3.8) is 0 Å². The van der Waals surface area contributed by atoms with Gasteiger partial charge in [0.2, 0.25) is 0 Å². The van der Waals surface area contributed by atoms with Gasteiger partial charge in [0, 0.05) is 23.9 Å². The predicted octanol–water partition coefficient (Wildman–Crippen LogP) is 25.8. The van der Waals surface area contributed by atoms with Crippen LogP contribution < -0.4 is 20.4 Å². The Hall–Kier alpha value is -0.341. The predicted molar refractivity (Wildman–Crippen MR) is 418 cm³/mol. The Balaban J connectivity index is -0.000000286. The molecule has 0 amide bonds. The van der Waals surface area contributed by atoms with Crippen LogP contribution in [0.3, 0.4) is 0 Å². The molecule has 0 aliphatic rings. The summed E-state index contributed by atoms with van der Waals surface area (Å²) >= 11 is 0. The van der Waals surface area contributed by atoms with Gasteiger partial charge in [-0.15, -0.1) is 0 Å². The average molecular weight is 1450 g/mol. The Morgan fingerprint density at radius 3 is 0.265 bits per heavy atom. The van der Waals surface area contributed by atoms with Crippen molar-refractivity contribution in [3.8, 4) is 0 Å². The van der Waals surface area contributed by atoms with Crippen LogP contribution in [0.5, 0.6) is 0 Å². The zero-order chi connectivity index (χ0) is 70.9. The fourth-order valence-electron chi connectivity index (χ4n) is 13.4. The first kappa shape index (κ1) is 109. The van der Waals surface area contributed by atoms with E-state index in [-0.39, 0.29) is 80.5 Å². The minimum atomic E-state index is -0.901. The molecule has 10 heteroatoms. The Labute approximate surface area is 654 Å². The summed E-state index contributed by atoms with van der Waals surface area (Å²) < 4.78 is 0. The first-order valence-corrected chi connectivity index (χ1v) is 43.9. The van der Waals surface area contributed by atoms with Crippen molar-refractivity contribution in [2.24, 2.45) is 0 Å². The summed E-state index contributed by atoms with van der Waals surface area (Å²) in [6.07, 6.45) is 103. The summed E-state index contributed by atoms with van der Waals surface area (Å²) in [6.45, 7) is 9.12. The van der Waals surface area contributed by atoms with E-state index in [0.717, 1.165) is 51.4 Å². The Bertz CT molecular complexity index is 1230. The summed E-state index contributed by atoms with van der Waals surface area (Å²) in [4.78, 5) is 41.1. The van der Waals surface area contributed by atoms with Crippen molar-refractivity contribution < 1.29 is 56.7 Å². The molecule has 8 nitrogen and oxygen atoms in total. The molecule has 0 saturated heterocycles. The normalized spacial score (nSPS) is 10.8. The fourth-order valence-corrected chi connectivity index (χ4v) is 13.4. The fraction of sp³-hybridized carbons (Fsp3) is 0.955. The van der Waals surface area contributed by atoms with Crippen molar-refractivity contribution in [1.82, 2.24) is 0 Å². The van der Waals surface area contributed by atoms with Gasteiger partial charge in [-0.2, -0.15) is 0 Å². The maximum Gasteiger partial charge on any atom is 2.00 e. The third kappa shape index (κ3) is 122. The summed E-state index contributed by atoms with van der Waals surface area (Å²) in [5, 5.41) is 41.1. The summed E-state index contributed by atoms with van der Waals surface area (Å²) in [5.41, 5.74) is 0. The van der Waals surface area contributed by atoms with Crippen LogP contribution in [0.4, 0.5) is 0 Å². The molecule has 0 unspecified atom stereocenters. The van der Waals surface area contributed by atoms with Crippen molar-refractivity contribution in [1.29, 1.82) is 0 Å². The number of hydrogen-bond donors (Lipinski definition) is 0. The van der Waals surface area contributed by atoms with E-state index in [1.807, 2.05) is 0 Å². The van der Waals surface area contributed by atoms with Crippen LogP contribution in [0.2, 0.25) is 0 Å². The average Bonchev–Trinajstić information content (AvgIpc) is 3.58. The second-order valence-electron chi connectivity index (χ2n) is 29.9. The number of carboxylic acid groups (broad SMARTS) is 4. The molecular formula is C88H172CaFeO8. The minimum absolute atomic E-state index is 0. The van der Waals surface area contributed by atoms with Crippen LogP contribution in [-0.4, -0.2) is 61.6 Å². The van der Waals surface area contributed by atoms with Gasteiger partial charge in [0.25, 0.3) is 0 Å². The Kier molecular flexibility index (Phi) is 117. The van der Waals surface area contributed by atoms with E-state index in [4.69, 9.17) is 0 Å². The SMILES string of the molecule is CCCCCCCCCCCCCCCCCCCCCC(=O)[O-].CCCCCCCCCCCCCCCCCCCCCC(=O)[O-].CCCCCCCCCCCCCCCCCCCCCC(=O)[O-].CCCCCCCCCCCCCCCCCCCCCC(=O)[O-].[Ca+2].[Fe+2]. The molecule has 0 aromatic heterocycles. The third-order valence-electron chi connectivity index (χ3n) is 19.9. The van der Waals surface area contributed by atoms with E-state index >= 15 is 0 Å². The maximum absolute atomic E-state index is 10.3. The monoisotopic (exact) mass is 1450 g/mol. The molecule has 0 heterocycles. The molecule has 0 atom stereocenters. The van der Waals surface area contributed by atoms with Crippen LogP contribution in [0.1, 0.15) is 541 Å². The molecular weight excluding hydrogens is 1280 g/mol. The van der Waals surface area contributed by atoms with Gasteiger partial charge in [-0.05, 0) is 51.4 Å². The Morgan fingerprint density at radius 2 is 0.204 bits per heavy atom. The molecule has 0 aliphatic heterocycles. The largest absolute Gasteiger partial charge is 2.00 e. The maximum atomic E-state index is 10.3. The molecule has 0 radical (unpaired) electrons. The van der Waals surface area contributed by atoms with E-state index in [9.17, 15) is 39.6 Å². The topological polar surface area (TPSA) is 161 Å². The van der Waals surface area contributed by atoms with Gasteiger partial charge in [0.1, 0.15) is 0 Å². The van der Waals surface area contributed by atoms with Gasteiger partial charge in [-0.3, -0.25) is 0 Å². The van der Waals surface area contributed by atoms with Crippen LogP contribution in [0.15, 0.2) is 0 Å². The van der Waals surface area contributed by atoms with Crippen LogP contribution >= 0.6 is 0 Å². The standard InChI is InChI=1S/4C22H44O2.Ca.Fe/c4*1-2-3-4-5-6-7-8-9-10-11-12-13-14-15-16-17-18-19-20-21-22(23)24;;/h4*2-21H2,1H3,(H,23,24);;/q;;;;2*+2/p-4. The summed E-state index contributed by atoms with van der Waals surface area (Å²) in [6, 6.07) is 0. The van der Waals surface area contributed by atoms with Gasteiger partial charge >= 0.3 is 54.8 Å². The quantitative estimate of drug-likeness (QED) is 0.0430. The van der Waals surface area contributed by atoms with E-state index in [1.165, 1.54) is 437 Å². The first-order valence-electron chi connectivity index (χ1n) is 43.9. The van der Waals surface area contributed by atoms with Gasteiger partial charge in [0.05, 0.1) is 0 Å². The van der Waals surface area contributed by atoms with E-state index in [2.05, 4.69) is 27.7 Å². The number of carboxylic acids is 4. The van der Waals surface area contributed by atoms with Crippen molar-refractivity contribution in [2.45, 2.75) is 541 Å². The van der Waals surface area contributed by atoms with Crippen molar-refractivity contribution >= 4 is 61.6 Å². The van der Waals surface area contributed by atoms with E-state index in [0.29, 0.717) is 0 Å². The van der Waals surface area contributed by atoms with Gasteiger partial charge in [0.15, 0.2) is 0 Å². The molecule has 0 fully saturated rings. The van der Waals surface area contributed by atoms with Crippen molar-refractivity contribution in [3.05, 3.63) is 0 Å². The molecule has 0 aromatic rings. The second-order valence-corrected chi connectivity index (χ2v) is 29.9. The number of rotatable bonds is 80. The zero-order valence-electron chi connectivity index (χ0n) is 66.9. The molecule has 0 aliphatic carbocycles. The Morgan fingerprint density at radius 1 is 0.143 bits per heavy atom. The smallest absolute Gasteiger partial charge is 0.550 e. The van der Waals surface area contributed by atoms with Crippen LogP contribution in [0, 0.1) is 0 Å². The molecule has 582 valence electrons. The number of carbonyl (C=O) groups is 4. The van der Waals surface area contributed by atoms with Gasteiger partial charge in [-0.1, -0.05) is 490 Å². The summed E-state index contributed by atoms with van der Waals surface area (Å²) in [7, 11) is 0. The number of aliphatic carboxylic acids is 4. The van der Waals surface area contributed by atoms with Crippen molar-refractivity contribution in [2.75, 3.05) is 0 Å². The molecule has 0 aromatic carbocycles. The van der Waals surface area contributed by atoms with E-state index < -0.39 is 23.9 Å². The number of unbranched alkanes of at least 4 members (excludes halogenated alkanes) is 72. The number of hydrogen-bond acceptors (Lipinski definition) is 8. The first-order chi connectivity index (χ1) is 47.1. The van der Waals surface area contributed by atoms with Crippen LogP contribution in [0.25, 0.3) is 0 Å². The molecule has 0 N–H and O–H groups in total. The second kappa shape index (κ2) is 105. The third-order valence-corrected chi connectivity index (χ3v) is 19.9. The zero-order valence-corrected chi connectivity index (χ0v) is 70.2. The van der Waals surface area contributed by atoms with E-state index in [1.54, 1.807) is 0 Å². The van der Waals surface area contributed by atoms with Gasteiger partial charge < -0.3 is 39.6 Å². The molecule has 0 saturated carbocycles. The molecule has 0 rings (SSSR count). The number of carbonyl (C=O) groups excluding carboxylic acids is 4. The molecule has 0 bridgehead atoms. The van der Waals surface area contributed by atoms with Gasteiger partial charge in [-0.25, -0.2) is 0 Å².